The summed E-state index contributed by atoms with van der Waals surface area (Å²) < 4.78 is 17.7. The first-order chi connectivity index (χ1) is 13.7. The van der Waals surface area contributed by atoms with Gasteiger partial charge >= 0.3 is 0 Å². The number of nitrogens with one attached hydrogen (secondary N) is 1. The van der Waals surface area contributed by atoms with E-state index in [2.05, 4.69) is 15.2 Å². The molecule has 1 unspecified atom stereocenters. The highest BCUT2D eigenvalue weighted by molar-refractivity contribution is 5.82. The number of piperazine rings is 1. The van der Waals surface area contributed by atoms with Crippen molar-refractivity contribution < 1.29 is 14.2 Å². The monoisotopic (exact) mass is 382 g/mol. The lowest BCUT2D eigenvalue weighted by Crippen LogP contribution is -2.43. The summed E-state index contributed by atoms with van der Waals surface area (Å²) in [6, 6.07) is 13.5. The number of pyridine rings is 2. The molecule has 0 aliphatic carbocycles. The highest BCUT2D eigenvalue weighted by Gasteiger charge is 2.12. The van der Waals surface area contributed by atoms with Crippen LogP contribution >= 0.6 is 0 Å². The van der Waals surface area contributed by atoms with Crippen LogP contribution in [0.1, 0.15) is 0 Å². The Balaban J connectivity index is 1.51. The third-order valence-corrected chi connectivity index (χ3v) is 4.77. The second-order valence-corrected chi connectivity index (χ2v) is 6.81. The van der Waals surface area contributed by atoms with Gasteiger partial charge in [0.15, 0.2) is 0 Å². The van der Waals surface area contributed by atoms with Crippen LogP contribution in [0.3, 0.4) is 0 Å². The zero-order chi connectivity index (χ0) is 19.3. The van der Waals surface area contributed by atoms with Gasteiger partial charge in [0.25, 0.3) is 0 Å². The highest BCUT2D eigenvalue weighted by atomic mass is 19.1. The summed E-state index contributed by atoms with van der Waals surface area (Å²) >= 11 is 0. The summed E-state index contributed by atoms with van der Waals surface area (Å²) in [4.78, 5) is 11.6. The van der Waals surface area contributed by atoms with Gasteiger partial charge in [-0.1, -0.05) is 6.07 Å². The lowest BCUT2D eigenvalue weighted by molar-refractivity contribution is 0.0842. The molecule has 2 N–H and O–H groups in total. The van der Waals surface area contributed by atoms with Gasteiger partial charge in [-0.15, -0.1) is 0 Å². The molecular weight excluding hydrogens is 359 g/mol. The first-order valence-corrected chi connectivity index (χ1v) is 9.43. The zero-order valence-electron chi connectivity index (χ0n) is 15.5. The molecule has 0 bridgehead atoms. The second kappa shape index (κ2) is 8.50. The van der Waals surface area contributed by atoms with E-state index in [0.29, 0.717) is 5.75 Å². The molecule has 0 saturated carbocycles. The maximum atomic E-state index is 12.3. The molecule has 2 aromatic heterocycles. The number of aliphatic hydroxyl groups is 1. The Morgan fingerprint density at radius 1 is 1.14 bits per heavy atom. The number of hydrogen-bond donors (Lipinski definition) is 2. The molecule has 1 fully saturated rings. The van der Waals surface area contributed by atoms with Crippen molar-refractivity contribution in [2.45, 2.75) is 6.10 Å². The van der Waals surface area contributed by atoms with Crippen molar-refractivity contribution in [1.82, 2.24) is 15.3 Å². The lowest BCUT2D eigenvalue weighted by Gasteiger charge is -2.28. The summed E-state index contributed by atoms with van der Waals surface area (Å²) in [6.07, 6.45) is 0.759. The normalized spacial score (nSPS) is 15.6. The summed E-state index contributed by atoms with van der Waals surface area (Å²) in [5.41, 5.74) is 2.66. The fourth-order valence-electron chi connectivity index (χ4n) is 3.21. The summed E-state index contributed by atoms with van der Waals surface area (Å²) in [5.74, 6) is 1.57. The van der Waals surface area contributed by atoms with Gasteiger partial charge < -0.3 is 20.1 Å². The van der Waals surface area contributed by atoms with Gasteiger partial charge in [-0.05, 0) is 36.4 Å². The summed E-state index contributed by atoms with van der Waals surface area (Å²) in [6.45, 7) is 3.00. The number of nitrogens with zero attached hydrogens (tertiary/aromatic N) is 3. The second-order valence-electron chi connectivity index (χ2n) is 6.81. The number of halogens is 1. The molecule has 3 aromatic rings. The van der Waals surface area contributed by atoms with Gasteiger partial charge in [0.1, 0.15) is 31.0 Å². The third kappa shape index (κ3) is 4.21. The molecule has 28 heavy (non-hydrogen) atoms. The minimum Gasteiger partial charge on any atom is -0.491 e. The number of rotatable bonds is 6. The van der Waals surface area contributed by atoms with E-state index >= 15 is 0 Å². The Morgan fingerprint density at radius 3 is 2.75 bits per heavy atom. The average Bonchev–Trinajstić information content (AvgIpc) is 2.77. The molecule has 0 radical (unpaired) electrons. The SMILES string of the molecule is OC(CF)COc1ccc2nc(-c3ccc(N4CCNCC4)nc3)ccc2c1. The molecule has 0 amide bonds. The van der Waals surface area contributed by atoms with Crippen LogP contribution in [-0.2, 0) is 0 Å². The topological polar surface area (TPSA) is 70.5 Å². The molecule has 1 saturated heterocycles. The van der Waals surface area contributed by atoms with Crippen molar-refractivity contribution in [3.05, 3.63) is 48.7 Å². The van der Waals surface area contributed by atoms with Crippen LogP contribution in [0.5, 0.6) is 5.75 Å². The number of fused-ring (bicyclic) bond motifs is 1. The minimum absolute atomic E-state index is 0.0708. The van der Waals surface area contributed by atoms with E-state index in [1.54, 1.807) is 6.07 Å². The zero-order valence-corrected chi connectivity index (χ0v) is 15.5. The maximum Gasteiger partial charge on any atom is 0.128 e. The van der Waals surface area contributed by atoms with Crippen LogP contribution in [0.4, 0.5) is 10.2 Å². The Labute approximate surface area is 163 Å². The van der Waals surface area contributed by atoms with Crippen molar-refractivity contribution >= 4 is 16.7 Å². The fourth-order valence-corrected chi connectivity index (χ4v) is 3.21. The molecule has 4 rings (SSSR count). The van der Waals surface area contributed by atoms with Crippen molar-refractivity contribution in [1.29, 1.82) is 0 Å². The Morgan fingerprint density at radius 2 is 2.00 bits per heavy atom. The van der Waals surface area contributed by atoms with E-state index in [1.807, 2.05) is 42.6 Å². The lowest BCUT2D eigenvalue weighted by atomic mass is 10.1. The van der Waals surface area contributed by atoms with E-state index < -0.39 is 12.8 Å². The number of ether oxygens (including phenoxy) is 1. The molecule has 146 valence electrons. The van der Waals surface area contributed by atoms with Gasteiger partial charge in [0.2, 0.25) is 0 Å². The van der Waals surface area contributed by atoms with E-state index in [9.17, 15) is 9.50 Å². The highest BCUT2D eigenvalue weighted by Crippen LogP contribution is 2.25. The van der Waals surface area contributed by atoms with Crippen LogP contribution < -0.4 is 15.0 Å². The Hall–Kier alpha value is -2.77. The predicted molar refractivity (Wildman–Crippen MR) is 108 cm³/mol. The molecule has 1 aliphatic heterocycles. The molecule has 0 spiro atoms. The number of benzene rings is 1. The van der Waals surface area contributed by atoms with Crippen molar-refractivity contribution in [3.63, 3.8) is 0 Å². The van der Waals surface area contributed by atoms with Gasteiger partial charge in [-0.2, -0.15) is 0 Å². The average molecular weight is 382 g/mol. The van der Waals surface area contributed by atoms with Crippen LogP contribution in [-0.4, -0.2) is 60.6 Å². The number of aromatic nitrogens is 2. The summed E-state index contributed by atoms with van der Waals surface area (Å²) in [7, 11) is 0. The number of anilines is 1. The van der Waals surface area contributed by atoms with Gasteiger partial charge in [-0.3, -0.25) is 0 Å². The standard InChI is InChI=1S/C21H23FN4O2/c22-12-17(27)14-28-18-3-5-19-15(11-18)1-4-20(25-19)16-2-6-21(24-13-16)26-9-7-23-8-10-26/h1-6,11,13,17,23,27H,7-10,12,14H2. The van der Waals surface area contributed by atoms with Crippen LogP contribution in [0.2, 0.25) is 0 Å². The molecular formula is C21H23FN4O2. The van der Waals surface area contributed by atoms with E-state index in [0.717, 1.165) is 54.2 Å². The first kappa shape index (κ1) is 18.6. The number of hydrogen-bond acceptors (Lipinski definition) is 6. The Kier molecular flexibility index (Phi) is 5.64. The largest absolute Gasteiger partial charge is 0.491 e. The maximum absolute atomic E-state index is 12.3. The molecule has 1 aliphatic rings. The molecule has 3 heterocycles. The molecule has 1 aromatic carbocycles. The minimum atomic E-state index is -1.10. The van der Waals surface area contributed by atoms with Crippen molar-refractivity contribution in [2.75, 3.05) is 44.4 Å². The van der Waals surface area contributed by atoms with E-state index in [4.69, 9.17) is 9.72 Å². The molecule has 6 nitrogen and oxygen atoms in total. The molecule has 1 atom stereocenters. The molecule has 7 heteroatoms. The number of aliphatic hydroxyl groups excluding tert-OH is 1. The van der Waals surface area contributed by atoms with Crippen LogP contribution in [0.25, 0.3) is 22.2 Å². The smallest absolute Gasteiger partial charge is 0.128 e. The van der Waals surface area contributed by atoms with Crippen LogP contribution in [0.15, 0.2) is 48.7 Å². The van der Waals surface area contributed by atoms with Crippen molar-refractivity contribution in [2.24, 2.45) is 0 Å². The van der Waals surface area contributed by atoms with E-state index in [1.165, 1.54) is 0 Å². The number of alkyl halides is 1. The van der Waals surface area contributed by atoms with Gasteiger partial charge in [0, 0.05) is 43.3 Å². The predicted octanol–water partition coefficient (Wildman–Crippen LogP) is 2.42. The van der Waals surface area contributed by atoms with Crippen LogP contribution in [0, 0.1) is 0 Å². The first-order valence-electron chi connectivity index (χ1n) is 9.43. The van der Waals surface area contributed by atoms with Crippen molar-refractivity contribution in [3.8, 4) is 17.0 Å². The van der Waals surface area contributed by atoms with Gasteiger partial charge in [0.05, 0.1) is 11.2 Å². The quantitative estimate of drug-likeness (QED) is 0.682. The van der Waals surface area contributed by atoms with Gasteiger partial charge in [-0.25, -0.2) is 14.4 Å². The third-order valence-electron chi connectivity index (χ3n) is 4.77. The summed E-state index contributed by atoms with van der Waals surface area (Å²) in [5, 5.41) is 13.5. The Bertz CT molecular complexity index is 929. The fraction of sp³-hybridized carbons (Fsp3) is 0.333. The van der Waals surface area contributed by atoms with E-state index in [-0.39, 0.29) is 6.61 Å².